The summed E-state index contributed by atoms with van der Waals surface area (Å²) in [6.45, 7) is 6.60. The quantitative estimate of drug-likeness (QED) is 0.320. The van der Waals surface area contributed by atoms with E-state index in [1.165, 1.54) is 24.1 Å². The van der Waals surface area contributed by atoms with Crippen LogP contribution in [0.15, 0.2) is 29.9 Å². The molecule has 3 atom stereocenters. The molecular weight excluding hydrogens is 569 g/mol. The molecule has 0 heterocycles. The third kappa shape index (κ3) is 9.36. The number of urea groups is 1. The Balaban J connectivity index is 1.77. The Labute approximate surface area is 249 Å². The molecule has 3 N–H and O–H groups in total. The Morgan fingerprint density at radius 1 is 1.02 bits per heavy atom. The van der Waals surface area contributed by atoms with Crippen LogP contribution in [0.4, 0.5) is 28.4 Å². The second kappa shape index (κ2) is 14.1. The summed E-state index contributed by atoms with van der Waals surface area (Å²) in [4.78, 5) is 52.6. The number of alkyl carbamates (subject to hydrolysis) is 1. The van der Waals surface area contributed by atoms with Gasteiger partial charge in [-0.15, -0.1) is 0 Å². The second-order valence-electron chi connectivity index (χ2n) is 12.1. The highest BCUT2D eigenvalue weighted by Crippen LogP contribution is 2.34. The highest BCUT2D eigenvalue weighted by Gasteiger charge is 2.36. The fourth-order valence-corrected chi connectivity index (χ4v) is 5.04. The van der Waals surface area contributed by atoms with E-state index < -0.39 is 65.4 Å². The van der Waals surface area contributed by atoms with Crippen LogP contribution in [0.25, 0.3) is 0 Å². The summed E-state index contributed by atoms with van der Waals surface area (Å²) in [7, 11) is 2.83. The first-order valence-corrected chi connectivity index (χ1v) is 14.3. The SMILES string of the molecule is COC(=O)[C@H](NC(=O)N(C)C1CC1)[C@@H](C)c1ccc(NC(=O)[C@@H](NC(=O)OC(C)(C)C)C2CCC(=C(F)F)CC2)c(F)c1. The lowest BCUT2D eigenvalue weighted by molar-refractivity contribution is -0.143. The first-order valence-electron chi connectivity index (χ1n) is 14.3. The van der Waals surface area contributed by atoms with Crippen molar-refractivity contribution in [3.8, 4) is 0 Å². The third-order valence-electron chi connectivity index (χ3n) is 7.75. The van der Waals surface area contributed by atoms with Gasteiger partial charge in [0.05, 0.1) is 12.8 Å². The number of rotatable bonds is 9. The van der Waals surface area contributed by atoms with Crippen LogP contribution in [-0.2, 0) is 19.1 Å². The van der Waals surface area contributed by atoms with Crippen molar-refractivity contribution < 1.29 is 41.8 Å². The molecule has 0 spiro atoms. The van der Waals surface area contributed by atoms with Gasteiger partial charge in [0.25, 0.3) is 6.08 Å². The Bertz CT molecular complexity index is 1230. The van der Waals surface area contributed by atoms with Crippen molar-refractivity contribution in [1.82, 2.24) is 15.5 Å². The lowest BCUT2D eigenvalue weighted by Crippen LogP contribution is -2.50. The van der Waals surface area contributed by atoms with Gasteiger partial charge in [0.15, 0.2) is 0 Å². The van der Waals surface area contributed by atoms with E-state index in [1.807, 2.05) is 0 Å². The van der Waals surface area contributed by atoms with Gasteiger partial charge in [-0.05, 0) is 88.5 Å². The van der Waals surface area contributed by atoms with Crippen LogP contribution in [0.3, 0.4) is 0 Å². The van der Waals surface area contributed by atoms with Crippen molar-refractivity contribution in [2.24, 2.45) is 5.92 Å². The molecule has 2 saturated carbocycles. The molecule has 2 fully saturated rings. The third-order valence-corrected chi connectivity index (χ3v) is 7.75. The van der Waals surface area contributed by atoms with Gasteiger partial charge in [-0.3, -0.25) is 4.79 Å². The van der Waals surface area contributed by atoms with Crippen molar-refractivity contribution in [3.05, 3.63) is 41.2 Å². The number of carbonyl (C=O) groups excluding carboxylic acids is 4. The topological polar surface area (TPSA) is 126 Å². The van der Waals surface area contributed by atoms with Crippen LogP contribution in [0.2, 0.25) is 0 Å². The number of hydrogen-bond donors (Lipinski definition) is 3. The number of amides is 4. The highest BCUT2D eigenvalue weighted by molar-refractivity contribution is 5.97. The van der Waals surface area contributed by atoms with Gasteiger partial charge in [-0.1, -0.05) is 13.0 Å². The van der Waals surface area contributed by atoms with Crippen LogP contribution in [0.5, 0.6) is 0 Å². The van der Waals surface area contributed by atoms with E-state index >= 15 is 4.39 Å². The standard InChI is InChI=1S/C30H41F3N4O6/c1-16(23(27(39)42-6)35-28(40)37(5)20-12-13-20)19-11-14-22(21(31)15-19)34-26(38)24(36-29(41)43-30(2,3)4)17-7-9-18(10-8-17)25(32)33/h11,14-17,20,23-24H,7-10,12-13H2,1-6H3,(H,34,38)(H,35,40)(H,36,41)/t16-,23+,24-/m0/s1. The molecule has 238 valence electrons. The molecule has 0 aliphatic heterocycles. The zero-order valence-corrected chi connectivity index (χ0v) is 25.4. The molecule has 43 heavy (non-hydrogen) atoms. The molecule has 2 aliphatic rings. The second-order valence-corrected chi connectivity index (χ2v) is 12.1. The predicted molar refractivity (Wildman–Crippen MR) is 153 cm³/mol. The summed E-state index contributed by atoms with van der Waals surface area (Å²) in [5, 5.41) is 7.70. The van der Waals surface area contributed by atoms with Gasteiger partial charge in [-0.25, -0.2) is 18.8 Å². The van der Waals surface area contributed by atoms with Crippen LogP contribution in [0, 0.1) is 11.7 Å². The Morgan fingerprint density at radius 2 is 1.65 bits per heavy atom. The number of nitrogens with one attached hydrogen (secondary N) is 3. The first-order chi connectivity index (χ1) is 20.1. The summed E-state index contributed by atoms with van der Waals surface area (Å²) in [5.41, 5.74) is -0.652. The molecule has 10 nitrogen and oxygen atoms in total. The predicted octanol–water partition coefficient (Wildman–Crippen LogP) is 5.45. The van der Waals surface area contributed by atoms with E-state index in [9.17, 15) is 28.0 Å². The van der Waals surface area contributed by atoms with Gasteiger partial charge in [-0.2, -0.15) is 8.78 Å². The lowest BCUT2D eigenvalue weighted by Gasteiger charge is -2.31. The molecule has 0 aromatic heterocycles. The average Bonchev–Trinajstić information content (AvgIpc) is 3.79. The van der Waals surface area contributed by atoms with E-state index in [-0.39, 0.29) is 43.0 Å². The van der Waals surface area contributed by atoms with Crippen LogP contribution >= 0.6 is 0 Å². The molecule has 0 radical (unpaired) electrons. The molecule has 0 unspecified atom stereocenters. The largest absolute Gasteiger partial charge is 0.467 e. The van der Waals surface area contributed by atoms with Crippen molar-refractivity contribution in [1.29, 1.82) is 0 Å². The minimum absolute atomic E-state index is 0.0177. The van der Waals surface area contributed by atoms with Crippen molar-refractivity contribution >= 4 is 29.7 Å². The van der Waals surface area contributed by atoms with Crippen LogP contribution in [-0.4, -0.2) is 66.8 Å². The normalized spacial score (nSPS) is 18.9. The molecule has 1 aromatic carbocycles. The summed E-state index contributed by atoms with van der Waals surface area (Å²) in [6.07, 6.45) is -0.261. The van der Waals surface area contributed by atoms with Gasteiger partial charge >= 0.3 is 18.1 Å². The Morgan fingerprint density at radius 3 is 2.16 bits per heavy atom. The lowest BCUT2D eigenvalue weighted by atomic mass is 9.81. The van der Waals surface area contributed by atoms with Crippen molar-refractivity contribution in [3.63, 3.8) is 0 Å². The molecular formula is C30H41F3N4O6. The van der Waals surface area contributed by atoms with Crippen LogP contribution in [0.1, 0.15) is 77.7 Å². The maximum Gasteiger partial charge on any atom is 0.408 e. The Kier molecular flexibility index (Phi) is 11.1. The molecule has 4 amide bonds. The number of benzene rings is 1. The monoisotopic (exact) mass is 610 g/mol. The van der Waals surface area contributed by atoms with E-state index in [2.05, 4.69) is 16.0 Å². The fraction of sp³-hybridized carbons (Fsp3) is 0.600. The number of hydrogen-bond acceptors (Lipinski definition) is 6. The fourth-order valence-electron chi connectivity index (χ4n) is 5.04. The number of esters is 1. The van der Waals surface area contributed by atoms with E-state index in [4.69, 9.17) is 9.47 Å². The summed E-state index contributed by atoms with van der Waals surface area (Å²) >= 11 is 0. The number of anilines is 1. The van der Waals surface area contributed by atoms with Gasteiger partial charge in [0, 0.05) is 19.0 Å². The number of carbonyl (C=O) groups is 4. The summed E-state index contributed by atoms with van der Waals surface area (Å²) in [6, 6.07) is 1.37. The number of halogens is 3. The minimum Gasteiger partial charge on any atom is -0.467 e. The molecule has 0 bridgehead atoms. The molecule has 1 aromatic rings. The van der Waals surface area contributed by atoms with Crippen LogP contribution < -0.4 is 16.0 Å². The number of methoxy groups -OCH3 is 1. The van der Waals surface area contributed by atoms with Gasteiger partial charge in [0.1, 0.15) is 23.5 Å². The van der Waals surface area contributed by atoms with E-state index in [1.54, 1.807) is 34.7 Å². The average molecular weight is 611 g/mol. The molecule has 2 aliphatic carbocycles. The summed E-state index contributed by atoms with van der Waals surface area (Å²) < 4.78 is 51.7. The zero-order valence-electron chi connectivity index (χ0n) is 25.4. The molecule has 3 rings (SSSR count). The van der Waals surface area contributed by atoms with E-state index in [0.717, 1.165) is 18.9 Å². The van der Waals surface area contributed by atoms with Gasteiger partial charge < -0.3 is 30.3 Å². The Hall–Kier alpha value is -3.77. The number of allylic oxidation sites excluding steroid dienone is 1. The number of nitrogens with zero attached hydrogens (tertiary/aromatic N) is 1. The van der Waals surface area contributed by atoms with Crippen molar-refractivity contribution in [2.45, 2.75) is 95.9 Å². The maximum atomic E-state index is 15.3. The smallest absolute Gasteiger partial charge is 0.408 e. The first kappa shape index (κ1) is 33.7. The number of ether oxygens (including phenoxy) is 2. The molecule has 0 saturated heterocycles. The van der Waals surface area contributed by atoms with E-state index in [0.29, 0.717) is 5.56 Å². The summed E-state index contributed by atoms with van der Waals surface area (Å²) in [5.74, 6) is -3.42. The molecule has 13 heteroatoms. The minimum atomic E-state index is -1.74. The zero-order chi connectivity index (χ0) is 32.1. The highest BCUT2D eigenvalue weighted by atomic mass is 19.3. The van der Waals surface area contributed by atoms with Crippen molar-refractivity contribution in [2.75, 3.05) is 19.5 Å². The maximum absolute atomic E-state index is 15.3. The van der Waals surface area contributed by atoms with Gasteiger partial charge in [0.2, 0.25) is 5.91 Å².